The van der Waals surface area contributed by atoms with Gasteiger partial charge in [0.15, 0.2) is 0 Å². The van der Waals surface area contributed by atoms with Gasteiger partial charge in [0.2, 0.25) is 0 Å². The average Bonchev–Trinajstić information content (AvgIpc) is 1.53. The summed E-state index contributed by atoms with van der Waals surface area (Å²) < 4.78 is 2.52. The molecule has 2 nitrogen and oxygen atoms in total. The molecule has 0 unspecified atom stereocenters. The molecular formula is C85H68N2. The van der Waals surface area contributed by atoms with Crippen molar-refractivity contribution in [2.45, 2.75) is 81.5 Å². The van der Waals surface area contributed by atoms with Crippen LogP contribution >= 0.6 is 0 Å². The van der Waals surface area contributed by atoms with Crippen LogP contribution in [-0.4, -0.2) is 4.57 Å². The number of nitrogens with zero attached hydrogens (tertiary/aromatic N) is 2. The van der Waals surface area contributed by atoms with Crippen molar-refractivity contribution in [3.63, 3.8) is 0 Å². The molecule has 4 aliphatic carbocycles. The van der Waals surface area contributed by atoms with Crippen molar-refractivity contribution in [3.05, 3.63) is 312 Å². The van der Waals surface area contributed by atoms with Gasteiger partial charge in [0.25, 0.3) is 0 Å². The summed E-state index contributed by atoms with van der Waals surface area (Å²) in [4.78, 5) is 2.49. The first-order valence-corrected chi connectivity index (χ1v) is 32.0. The molecule has 2 saturated carbocycles. The maximum Gasteiger partial charge on any atom is 0.0726 e. The predicted molar refractivity (Wildman–Crippen MR) is 365 cm³/mol. The fourth-order valence-corrected chi connectivity index (χ4v) is 16.2. The number of rotatable bonds is 10. The lowest BCUT2D eigenvalue weighted by Crippen LogP contribution is -2.26. The van der Waals surface area contributed by atoms with Crippen LogP contribution in [0.2, 0.25) is 0 Å². The summed E-state index contributed by atoms with van der Waals surface area (Å²) in [6.45, 7) is 0. The van der Waals surface area contributed by atoms with Crippen LogP contribution in [0.1, 0.15) is 109 Å². The summed E-state index contributed by atoms with van der Waals surface area (Å²) in [6, 6.07) is 106. The van der Waals surface area contributed by atoms with E-state index in [0.717, 1.165) is 17.1 Å². The molecule has 0 aliphatic heterocycles. The highest BCUT2D eigenvalue weighted by atomic mass is 15.1. The van der Waals surface area contributed by atoms with Crippen molar-refractivity contribution >= 4 is 38.9 Å². The average molecular weight is 1120 g/mol. The molecule has 0 radical (unpaired) electrons. The van der Waals surface area contributed by atoms with Gasteiger partial charge >= 0.3 is 0 Å². The third-order valence-corrected chi connectivity index (χ3v) is 20.5. The Hall–Kier alpha value is -9.76. The van der Waals surface area contributed by atoms with E-state index in [1.165, 1.54) is 192 Å². The zero-order chi connectivity index (χ0) is 57.4. The quantitative estimate of drug-likeness (QED) is 0.132. The predicted octanol–water partition coefficient (Wildman–Crippen LogP) is 23.4. The minimum Gasteiger partial charge on any atom is -0.310 e. The van der Waals surface area contributed by atoms with Crippen LogP contribution in [0, 0.1) is 0 Å². The molecule has 1 aromatic heterocycles. The molecule has 2 heteroatoms. The summed E-state index contributed by atoms with van der Waals surface area (Å²) in [6.07, 6.45) is 13.4. The highest BCUT2D eigenvalue weighted by molar-refractivity contribution is 6.10. The van der Waals surface area contributed by atoms with E-state index in [0.29, 0.717) is 11.8 Å². The molecule has 0 bridgehead atoms. The molecule has 4 aliphatic rings. The normalized spacial score (nSPS) is 15.1. The van der Waals surface area contributed by atoms with Crippen molar-refractivity contribution in [3.8, 4) is 72.4 Å². The van der Waals surface area contributed by atoms with E-state index in [4.69, 9.17) is 0 Å². The maximum absolute atomic E-state index is 2.57. The molecule has 418 valence electrons. The molecule has 17 rings (SSSR count). The maximum atomic E-state index is 2.57. The lowest BCUT2D eigenvalue weighted by molar-refractivity contribution is 0.444. The molecular weight excluding hydrogens is 1050 g/mol. The Morgan fingerprint density at radius 3 is 1.18 bits per heavy atom. The number of aromatic nitrogens is 1. The third kappa shape index (κ3) is 8.58. The lowest BCUT2D eigenvalue weighted by atomic mass is 9.70. The molecule has 0 N–H and O–H groups in total. The standard InChI is InChI=1S/C85H68N2/c1-4-18-57(19-5-1)60-36-38-65(39-37-60)71-24-13-17-31-82(71)86(70-50-51-75-74-27-12-16-30-80(74)85(81(75)56-70)78-28-14-10-25-72(78)73-26-11-15-29-79(73)85)68-46-40-63(41-47-68)61-32-34-62(35-33-61)64-42-48-69(49-43-64)87-83-52-44-66(58-20-6-2-7-21-58)54-76(83)77-55-67(45-53-84(77)87)59-22-8-3-9-23-59/h1,4-5,10-19,24-56,58-59H,2-3,6-9,20-23H2. The second-order valence-corrected chi connectivity index (χ2v) is 25.1. The van der Waals surface area contributed by atoms with E-state index >= 15 is 0 Å². The molecule has 12 aromatic carbocycles. The number of fused-ring (bicyclic) bond motifs is 13. The summed E-state index contributed by atoms with van der Waals surface area (Å²) in [7, 11) is 0. The molecule has 0 amide bonds. The van der Waals surface area contributed by atoms with E-state index in [1.807, 2.05) is 0 Å². The van der Waals surface area contributed by atoms with E-state index in [9.17, 15) is 0 Å². The zero-order valence-electron chi connectivity index (χ0n) is 49.2. The van der Waals surface area contributed by atoms with Crippen molar-refractivity contribution in [2.24, 2.45) is 0 Å². The minimum atomic E-state index is -0.463. The Labute approximate surface area is 511 Å². The Morgan fingerprint density at radius 1 is 0.287 bits per heavy atom. The van der Waals surface area contributed by atoms with Crippen molar-refractivity contribution in [1.29, 1.82) is 0 Å². The first-order valence-electron chi connectivity index (χ1n) is 32.0. The molecule has 13 aromatic rings. The lowest BCUT2D eigenvalue weighted by Gasteiger charge is -2.32. The van der Waals surface area contributed by atoms with E-state index in [-0.39, 0.29) is 0 Å². The molecule has 2 fully saturated rings. The smallest absolute Gasteiger partial charge is 0.0726 e. The first kappa shape index (κ1) is 51.6. The van der Waals surface area contributed by atoms with Gasteiger partial charge in [-0.3, -0.25) is 0 Å². The largest absolute Gasteiger partial charge is 0.310 e. The fourth-order valence-electron chi connectivity index (χ4n) is 16.2. The number of para-hydroxylation sites is 1. The summed E-state index contributed by atoms with van der Waals surface area (Å²) in [5.74, 6) is 1.35. The van der Waals surface area contributed by atoms with Crippen LogP contribution in [0.4, 0.5) is 17.1 Å². The SMILES string of the molecule is c1ccc(-c2ccc(-c3ccccc3N(c3ccc(-c4ccc(-c5ccc(-n6c7ccc(C8CCCCC8)cc7c7cc(C8CCCCC8)ccc76)cc5)cc4)cc3)c3ccc4c(c3)C3(c5ccccc5-c5ccccc53)c3ccccc3-4)cc2)cc1. The third-order valence-electron chi connectivity index (χ3n) is 20.5. The van der Waals surface area contributed by atoms with Crippen LogP contribution < -0.4 is 4.90 Å². The number of hydrogen-bond donors (Lipinski definition) is 0. The van der Waals surface area contributed by atoms with Gasteiger partial charge in [-0.1, -0.05) is 251 Å². The van der Waals surface area contributed by atoms with Crippen LogP contribution in [-0.2, 0) is 5.41 Å². The number of hydrogen-bond acceptors (Lipinski definition) is 1. The molecule has 87 heavy (non-hydrogen) atoms. The highest BCUT2D eigenvalue weighted by Gasteiger charge is 2.51. The molecule has 1 heterocycles. The fraction of sp³-hybridized carbons (Fsp3) is 0.153. The van der Waals surface area contributed by atoms with E-state index in [1.54, 1.807) is 0 Å². The van der Waals surface area contributed by atoms with Crippen molar-refractivity contribution in [2.75, 3.05) is 4.90 Å². The zero-order valence-corrected chi connectivity index (χ0v) is 49.2. The Kier molecular flexibility index (Phi) is 12.7. The van der Waals surface area contributed by atoms with Gasteiger partial charge in [-0.25, -0.2) is 0 Å². The van der Waals surface area contributed by atoms with Gasteiger partial charge in [0, 0.05) is 33.4 Å². The monoisotopic (exact) mass is 1120 g/mol. The van der Waals surface area contributed by atoms with Crippen molar-refractivity contribution < 1.29 is 0 Å². The summed E-state index contributed by atoms with van der Waals surface area (Å²) >= 11 is 0. The van der Waals surface area contributed by atoms with Crippen molar-refractivity contribution in [1.82, 2.24) is 4.57 Å². The molecule has 0 saturated heterocycles. The molecule has 0 atom stereocenters. The van der Waals surface area contributed by atoms with Crippen LogP contribution in [0.5, 0.6) is 0 Å². The second kappa shape index (κ2) is 21.3. The minimum absolute atomic E-state index is 0.463. The number of anilines is 3. The summed E-state index contributed by atoms with van der Waals surface area (Å²) in [5, 5.41) is 2.82. The van der Waals surface area contributed by atoms with Gasteiger partial charge in [0.05, 0.1) is 22.1 Å². The first-order chi connectivity index (χ1) is 43.1. The van der Waals surface area contributed by atoms with Gasteiger partial charge in [0.1, 0.15) is 0 Å². The Bertz CT molecular complexity index is 4590. The second-order valence-electron chi connectivity index (χ2n) is 25.1. The van der Waals surface area contributed by atoms with Crippen LogP contribution in [0.15, 0.2) is 279 Å². The molecule has 1 spiro atoms. The Morgan fingerprint density at radius 2 is 0.678 bits per heavy atom. The van der Waals surface area contributed by atoms with Gasteiger partial charge in [-0.2, -0.15) is 0 Å². The van der Waals surface area contributed by atoms with Gasteiger partial charge in [-0.05, 0) is 199 Å². The van der Waals surface area contributed by atoms with Crippen LogP contribution in [0.25, 0.3) is 94.3 Å². The van der Waals surface area contributed by atoms with E-state index in [2.05, 4.69) is 289 Å². The topological polar surface area (TPSA) is 8.17 Å². The number of benzene rings is 12. The van der Waals surface area contributed by atoms with Crippen LogP contribution in [0.3, 0.4) is 0 Å². The Balaban J connectivity index is 0.723. The summed E-state index contributed by atoms with van der Waals surface area (Å²) in [5.41, 5.74) is 29.9. The van der Waals surface area contributed by atoms with E-state index < -0.39 is 5.41 Å². The van der Waals surface area contributed by atoms with Gasteiger partial charge in [-0.15, -0.1) is 0 Å². The van der Waals surface area contributed by atoms with Gasteiger partial charge < -0.3 is 9.47 Å². The highest BCUT2D eigenvalue weighted by Crippen LogP contribution is 2.63.